The summed E-state index contributed by atoms with van der Waals surface area (Å²) in [6, 6.07) is 8.02. The lowest BCUT2D eigenvalue weighted by Gasteiger charge is -2.23. The van der Waals surface area contributed by atoms with E-state index in [1.807, 2.05) is 23.1 Å². The van der Waals surface area contributed by atoms with Crippen LogP contribution < -0.4 is 10.5 Å². The molecule has 1 aliphatic rings. The maximum Gasteiger partial charge on any atom is 0.222 e. The molecule has 1 saturated heterocycles. The normalized spacial score (nSPS) is 22.6. The summed E-state index contributed by atoms with van der Waals surface area (Å²) in [5.74, 6) is 1.45. The van der Waals surface area contributed by atoms with Crippen molar-refractivity contribution in [1.29, 1.82) is 0 Å². The Morgan fingerprint density at radius 1 is 1.45 bits per heavy atom. The predicted octanol–water partition coefficient (Wildman–Crippen LogP) is 2.46. The second-order valence-corrected chi connectivity index (χ2v) is 6.91. The SMILES string of the molecule is COc1ccccc1CC(C)CC(=O)N1CCC(C)(CN)C1. The number of rotatable bonds is 6. The molecular formula is C18H28N2O2. The maximum atomic E-state index is 12.5. The molecule has 0 aromatic heterocycles. The third-order valence-corrected chi connectivity index (χ3v) is 4.69. The third-order valence-electron chi connectivity index (χ3n) is 4.69. The fourth-order valence-electron chi connectivity index (χ4n) is 3.15. The fraction of sp³-hybridized carbons (Fsp3) is 0.611. The molecule has 22 heavy (non-hydrogen) atoms. The summed E-state index contributed by atoms with van der Waals surface area (Å²) < 4.78 is 5.38. The van der Waals surface area contributed by atoms with Crippen LogP contribution >= 0.6 is 0 Å². The van der Waals surface area contributed by atoms with E-state index in [1.165, 1.54) is 5.56 Å². The van der Waals surface area contributed by atoms with Crippen molar-refractivity contribution in [1.82, 2.24) is 4.90 Å². The minimum Gasteiger partial charge on any atom is -0.496 e. The molecule has 0 bridgehead atoms. The first kappa shape index (κ1) is 16.8. The van der Waals surface area contributed by atoms with E-state index in [0.717, 1.165) is 31.7 Å². The largest absolute Gasteiger partial charge is 0.496 e. The van der Waals surface area contributed by atoms with Gasteiger partial charge in [-0.3, -0.25) is 4.79 Å². The Hall–Kier alpha value is -1.55. The van der Waals surface area contributed by atoms with Gasteiger partial charge in [0.05, 0.1) is 7.11 Å². The summed E-state index contributed by atoms with van der Waals surface area (Å²) in [7, 11) is 1.69. The highest BCUT2D eigenvalue weighted by atomic mass is 16.5. The first-order valence-electron chi connectivity index (χ1n) is 8.07. The quantitative estimate of drug-likeness (QED) is 0.878. The number of likely N-dealkylation sites (tertiary alicyclic amines) is 1. The Morgan fingerprint density at radius 2 is 2.18 bits per heavy atom. The zero-order chi connectivity index (χ0) is 16.2. The Balaban J connectivity index is 1.89. The number of ether oxygens (including phenoxy) is 1. The first-order valence-corrected chi connectivity index (χ1v) is 8.07. The number of hydrogen-bond donors (Lipinski definition) is 1. The summed E-state index contributed by atoms with van der Waals surface area (Å²) in [6.07, 6.45) is 2.45. The van der Waals surface area contributed by atoms with Gasteiger partial charge in [0.15, 0.2) is 0 Å². The molecule has 0 aliphatic carbocycles. The zero-order valence-electron chi connectivity index (χ0n) is 14.0. The molecule has 0 spiro atoms. The third kappa shape index (κ3) is 4.01. The van der Waals surface area contributed by atoms with Gasteiger partial charge in [0.2, 0.25) is 5.91 Å². The van der Waals surface area contributed by atoms with Gasteiger partial charge >= 0.3 is 0 Å². The molecule has 0 saturated carbocycles. The highest BCUT2D eigenvalue weighted by molar-refractivity contribution is 5.76. The van der Waals surface area contributed by atoms with E-state index >= 15 is 0 Å². The van der Waals surface area contributed by atoms with Crippen LogP contribution in [-0.4, -0.2) is 37.6 Å². The van der Waals surface area contributed by atoms with Crippen molar-refractivity contribution < 1.29 is 9.53 Å². The van der Waals surface area contributed by atoms with Gasteiger partial charge in [0.1, 0.15) is 5.75 Å². The molecule has 2 atom stereocenters. The average molecular weight is 304 g/mol. The van der Waals surface area contributed by atoms with Crippen LogP contribution in [0.2, 0.25) is 0 Å². The monoisotopic (exact) mass is 304 g/mol. The van der Waals surface area contributed by atoms with Crippen molar-refractivity contribution in [3.8, 4) is 5.75 Å². The molecule has 2 N–H and O–H groups in total. The van der Waals surface area contributed by atoms with Gasteiger partial charge in [-0.15, -0.1) is 0 Å². The molecule has 0 radical (unpaired) electrons. The van der Waals surface area contributed by atoms with Gasteiger partial charge in [-0.25, -0.2) is 0 Å². The number of nitrogens with zero attached hydrogens (tertiary/aromatic N) is 1. The number of hydrogen-bond acceptors (Lipinski definition) is 3. The summed E-state index contributed by atoms with van der Waals surface area (Å²) in [5, 5.41) is 0. The number of amides is 1. The standard InChI is InChI=1S/C18H28N2O2/c1-14(10-15-6-4-5-7-16(15)22-3)11-17(21)20-9-8-18(2,12-19)13-20/h4-7,14H,8-13,19H2,1-3H3. The summed E-state index contributed by atoms with van der Waals surface area (Å²) in [4.78, 5) is 14.4. The fourth-order valence-corrected chi connectivity index (χ4v) is 3.15. The van der Waals surface area contributed by atoms with E-state index in [1.54, 1.807) is 7.11 Å². The van der Waals surface area contributed by atoms with Crippen LogP contribution in [0.5, 0.6) is 5.75 Å². The van der Waals surface area contributed by atoms with Crippen LogP contribution in [0.3, 0.4) is 0 Å². The molecular weight excluding hydrogens is 276 g/mol. The predicted molar refractivity (Wildman–Crippen MR) is 88.8 cm³/mol. The number of carbonyl (C=O) groups excluding carboxylic acids is 1. The van der Waals surface area contributed by atoms with E-state index in [2.05, 4.69) is 19.9 Å². The van der Waals surface area contributed by atoms with Crippen LogP contribution in [0.15, 0.2) is 24.3 Å². The second kappa shape index (κ2) is 7.14. The molecule has 1 amide bonds. The molecule has 1 aromatic rings. The lowest BCUT2D eigenvalue weighted by Crippen LogP contribution is -2.35. The van der Waals surface area contributed by atoms with Gasteiger partial charge < -0.3 is 15.4 Å². The number of benzene rings is 1. The molecule has 2 rings (SSSR count). The number of nitrogens with two attached hydrogens (primary N) is 1. The van der Waals surface area contributed by atoms with Crippen molar-refractivity contribution in [2.45, 2.75) is 33.1 Å². The average Bonchev–Trinajstić information content (AvgIpc) is 2.91. The lowest BCUT2D eigenvalue weighted by atomic mass is 9.90. The van der Waals surface area contributed by atoms with Crippen molar-refractivity contribution in [3.63, 3.8) is 0 Å². The lowest BCUT2D eigenvalue weighted by molar-refractivity contribution is -0.131. The van der Waals surface area contributed by atoms with Crippen molar-refractivity contribution in [3.05, 3.63) is 29.8 Å². The van der Waals surface area contributed by atoms with E-state index in [4.69, 9.17) is 10.5 Å². The van der Waals surface area contributed by atoms with Gasteiger partial charge in [-0.2, -0.15) is 0 Å². The van der Waals surface area contributed by atoms with E-state index in [-0.39, 0.29) is 11.3 Å². The summed E-state index contributed by atoms with van der Waals surface area (Å²) >= 11 is 0. The second-order valence-electron chi connectivity index (χ2n) is 6.91. The van der Waals surface area contributed by atoms with E-state index in [9.17, 15) is 4.79 Å². The minimum absolute atomic E-state index is 0.0988. The molecule has 2 unspecified atom stereocenters. The Morgan fingerprint density at radius 3 is 2.82 bits per heavy atom. The molecule has 4 heteroatoms. The van der Waals surface area contributed by atoms with Gasteiger partial charge in [0, 0.05) is 19.5 Å². The van der Waals surface area contributed by atoms with Crippen LogP contribution in [0.25, 0.3) is 0 Å². The highest BCUT2D eigenvalue weighted by Crippen LogP contribution is 2.30. The smallest absolute Gasteiger partial charge is 0.222 e. The first-order chi connectivity index (χ1) is 10.5. The molecule has 1 fully saturated rings. The van der Waals surface area contributed by atoms with Crippen molar-refractivity contribution >= 4 is 5.91 Å². The Kier molecular flexibility index (Phi) is 5.46. The molecule has 122 valence electrons. The van der Waals surface area contributed by atoms with Crippen LogP contribution in [0.1, 0.15) is 32.3 Å². The number of carbonyl (C=O) groups is 1. The summed E-state index contributed by atoms with van der Waals surface area (Å²) in [5.41, 5.74) is 7.08. The van der Waals surface area contributed by atoms with Gasteiger partial charge in [-0.05, 0) is 42.3 Å². The molecule has 1 aromatic carbocycles. The maximum absolute atomic E-state index is 12.5. The number of methoxy groups -OCH3 is 1. The van der Waals surface area contributed by atoms with Gasteiger partial charge in [0.25, 0.3) is 0 Å². The zero-order valence-corrected chi connectivity index (χ0v) is 14.0. The molecule has 1 heterocycles. The highest BCUT2D eigenvalue weighted by Gasteiger charge is 2.34. The van der Waals surface area contributed by atoms with Gasteiger partial charge in [-0.1, -0.05) is 32.0 Å². The molecule has 4 nitrogen and oxygen atoms in total. The van der Waals surface area contributed by atoms with Crippen molar-refractivity contribution in [2.24, 2.45) is 17.1 Å². The minimum atomic E-state index is 0.0988. The van der Waals surface area contributed by atoms with Crippen LogP contribution in [0.4, 0.5) is 0 Å². The number of para-hydroxylation sites is 1. The Labute approximate surface area is 133 Å². The topological polar surface area (TPSA) is 55.6 Å². The van der Waals surface area contributed by atoms with E-state index in [0.29, 0.717) is 18.9 Å². The van der Waals surface area contributed by atoms with Crippen LogP contribution in [-0.2, 0) is 11.2 Å². The summed E-state index contributed by atoms with van der Waals surface area (Å²) in [6.45, 7) is 6.58. The van der Waals surface area contributed by atoms with E-state index < -0.39 is 0 Å². The van der Waals surface area contributed by atoms with Crippen LogP contribution in [0, 0.1) is 11.3 Å². The van der Waals surface area contributed by atoms with Crippen molar-refractivity contribution in [2.75, 3.05) is 26.7 Å². The molecule has 1 aliphatic heterocycles. The Bertz CT molecular complexity index is 518.